The molecular weight excluding hydrogens is 318 g/mol. The number of H-pyrrole nitrogens is 1. The zero-order chi connectivity index (χ0) is 17.1. The molecule has 1 aromatic carbocycles. The van der Waals surface area contributed by atoms with E-state index in [1.165, 1.54) is 0 Å². The predicted octanol–water partition coefficient (Wildman–Crippen LogP) is 1.72. The van der Waals surface area contributed by atoms with E-state index < -0.39 is 0 Å². The number of anilines is 1. The molecule has 3 heterocycles. The summed E-state index contributed by atoms with van der Waals surface area (Å²) in [5, 5.41) is 2.92. The molecule has 1 aliphatic heterocycles. The lowest BCUT2D eigenvalue weighted by molar-refractivity contribution is 0.0951. The fourth-order valence-corrected chi connectivity index (χ4v) is 2.86. The molecule has 0 saturated carbocycles. The Balaban J connectivity index is 1.37. The summed E-state index contributed by atoms with van der Waals surface area (Å²) in [4.78, 5) is 26.2. The van der Waals surface area contributed by atoms with Gasteiger partial charge in [-0.25, -0.2) is 9.97 Å². The van der Waals surface area contributed by atoms with Gasteiger partial charge < -0.3 is 19.9 Å². The third kappa shape index (κ3) is 3.46. The van der Waals surface area contributed by atoms with Gasteiger partial charge in [-0.2, -0.15) is 0 Å². The first-order chi connectivity index (χ1) is 12.3. The second-order valence-corrected chi connectivity index (χ2v) is 5.94. The van der Waals surface area contributed by atoms with Crippen LogP contribution in [0.4, 0.5) is 5.82 Å². The third-order valence-corrected chi connectivity index (χ3v) is 4.28. The lowest BCUT2D eigenvalue weighted by Crippen LogP contribution is -2.36. The van der Waals surface area contributed by atoms with E-state index in [-0.39, 0.29) is 5.91 Å². The molecule has 0 unspecified atom stereocenters. The number of aromatic nitrogens is 3. The number of aromatic amines is 1. The zero-order valence-electron chi connectivity index (χ0n) is 13.7. The second kappa shape index (κ2) is 6.90. The number of hydrogen-bond donors (Lipinski definition) is 2. The number of fused-ring (bicyclic) bond motifs is 1. The number of rotatable bonds is 4. The number of hydrogen-bond acceptors (Lipinski definition) is 5. The smallest absolute Gasteiger partial charge is 0.251 e. The highest BCUT2D eigenvalue weighted by Gasteiger charge is 2.12. The van der Waals surface area contributed by atoms with Crippen LogP contribution >= 0.6 is 0 Å². The quantitative estimate of drug-likeness (QED) is 0.757. The highest BCUT2D eigenvalue weighted by atomic mass is 16.5. The molecule has 0 aliphatic carbocycles. The van der Waals surface area contributed by atoms with Crippen molar-refractivity contribution in [3.05, 3.63) is 54.0 Å². The van der Waals surface area contributed by atoms with Crippen LogP contribution in [0.5, 0.6) is 0 Å². The average molecular weight is 337 g/mol. The molecule has 3 aromatic rings. The van der Waals surface area contributed by atoms with Crippen molar-refractivity contribution in [2.24, 2.45) is 0 Å². The lowest BCUT2D eigenvalue weighted by atomic mass is 10.2. The highest BCUT2D eigenvalue weighted by molar-refractivity contribution is 5.97. The molecule has 1 fully saturated rings. The molecule has 25 heavy (non-hydrogen) atoms. The minimum absolute atomic E-state index is 0.117. The van der Waals surface area contributed by atoms with Gasteiger partial charge in [0.1, 0.15) is 5.82 Å². The van der Waals surface area contributed by atoms with E-state index >= 15 is 0 Å². The Labute approximate surface area is 145 Å². The number of amides is 1. The normalized spacial score (nSPS) is 14.6. The summed E-state index contributed by atoms with van der Waals surface area (Å²) >= 11 is 0. The van der Waals surface area contributed by atoms with Crippen LogP contribution in [0.25, 0.3) is 11.0 Å². The number of nitrogens with zero attached hydrogens (tertiary/aromatic N) is 3. The van der Waals surface area contributed by atoms with Crippen molar-refractivity contribution in [3.8, 4) is 0 Å². The summed E-state index contributed by atoms with van der Waals surface area (Å²) < 4.78 is 5.35. The van der Waals surface area contributed by atoms with Gasteiger partial charge in [-0.05, 0) is 29.8 Å². The van der Waals surface area contributed by atoms with Gasteiger partial charge in [0.2, 0.25) is 0 Å². The van der Waals surface area contributed by atoms with Crippen molar-refractivity contribution in [2.75, 3.05) is 31.2 Å². The van der Waals surface area contributed by atoms with Crippen LogP contribution < -0.4 is 10.2 Å². The Kier molecular flexibility index (Phi) is 4.30. The molecule has 1 aliphatic rings. The number of ether oxygens (including phenoxy) is 1. The number of morpholine rings is 1. The Morgan fingerprint density at radius 1 is 1.20 bits per heavy atom. The third-order valence-electron chi connectivity index (χ3n) is 4.28. The number of imidazole rings is 1. The Morgan fingerprint density at radius 3 is 2.88 bits per heavy atom. The van der Waals surface area contributed by atoms with E-state index in [2.05, 4.69) is 25.2 Å². The number of nitrogens with one attached hydrogen (secondary N) is 2. The minimum Gasteiger partial charge on any atom is -0.378 e. The molecule has 2 aromatic heterocycles. The van der Waals surface area contributed by atoms with Crippen molar-refractivity contribution >= 4 is 22.8 Å². The molecule has 7 nitrogen and oxygen atoms in total. The van der Waals surface area contributed by atoms with Crippen molar-refractivity contribution in [1.82, 2.24) is 20.3 Å². The summed E-state index contributed by atoms with van der Waals surface area (Å²) in [7, 11) is 0. The second-order valence-electron chi connectivity index (χ2n) is 5.94. The molecule has 0 atom stereocenters. The monoisotopic (exact) mass is 337 g/mol. The first-order valence-electron chi connectivity index (χ1n) is 8.28. The van der Waals surface area contributed by atoms with Gasteiger partial charge in [0.05, 0.1) is 30.6 Å². The van der Waals surface area contributed by atoms with Crippen LogP contribution in [0.3, 0.4) is 0 Å². The number of pyridine rings is 1. The van der Waals surface area contributed by atoms with Crippen molar-refractivity contribution < 1.29 is 9.53 Å². The van der Waals surface area contributed by atoms with Crippen LogP contribution in [-0.4, -0.2) is 47.2 Å². The largest absolute Gasteiger partial charge is 0.378 e. The van der Waals surface area contributed by atoms with Gasteiger partial charge in [-0.1, -0.05) is 6.07 Å². The van der Waals surface area contributed by atoms with Crippen LogP contribution in [0.1, 0.15) is 15.9 Å². The highest BCUT2D eigenvalue weighted by Crippen LogP contribution is 2.14. The topological polar surface area (TPSA) is 83.1 Å². The van der Waals surface area contributed by atoms with Crippen molar-refractivity contribution in [2.45, 2.75) is 6.54 Å². The maximum atomic E-state index is 12.3. The first-order valence-corrected chi connectivity index (χ1v) is 8.28. The minimum atomic E-state index is -0.117. The van der Waals surface area contributed by atoms with Crippen LogP contribution in [0, 0.1) is 0 Å². The molecule has 0 spiro atoms. The summed E-state index contributed by atoms with van der Waals surface area (Å²) in [6.45, 7) is 3.63. The molecular formula is C18H19N5O2. The molecule has 2 N–H and O–H groups in total. The van der Waals surface area contributed by atoms with E-state index in [0.717, 1.165) is 48.7 Å². The molecule has 128 valence electrons. The van der Waals surface area contributed by atoms with Crippen molar-refractivity contribution in [1.29, 1.82) is 0 Å². The molecule has 4 rings (SSSR count). The number of carbonyl (C=O) groups excluding carboxylic acids is 1. The summed E-state index contributed by atoms with van der Waals surface area (Å²) in [6, 6.07) is 9.40. The standard InChI is InChI=1S/C18H19N5O2/c24-18(14-2-3-15-16(9-14)22-12-21-15)20-11-13-1-4-17(19-10-13)23-5-7-25-8-6-23/h1-4,9-10,12H,5-8,11H2,(H,20,24)(H,21,22). The van der Waals surface area contributed by atoms with Gasteiger partial charge in [-0.15, -0.1) is 0 Å². The van der Waals surface area contributed by atoms with E-state index in [1.54, 1.807) is 18.5 Å². The predicted molar refractivity (Wildman–Crippen MR) is 94.5 cm³/mol. The SMILES string of the molecule is O=C(NCc1ccc(N2CCOCC2)nc1)c1ccc2nc[nH]c2c1. The van der Waals surface area contributed by atoms with Gasteiger partial charge in [-0.3, -0.25) is 4.79 Å². The lowest BCUT2D eigenvalue weighted by Gasteiger charge is -2.27. The Hall–Kier alpha value is -2.93. The maximum Gasteiger partial charge on any atom is 0.251 e. The molecule has 0 bridgehead atoms. The van der Waals surface area contributed by atoms with Gasteiger partial charge >= 0.3 is 0 Å². The number of benzene rings is 1. The summed E-state index contributed by atoms with van der Waals surface area (Å²) in [5.74, 6) is 0.830. The fourth-order valence-electron chi connectivity index (χ4n) is 2.86. The van der Waals surface area contributed by atoms with E-state index in [9.17, 15) is 4.79 Å². The fraction of sp³-hybridized carbons (Fsp3) is 0.278. The van der Waals surface area contributed by atoms with Gasteiger partial charge in [0.25, 0.3) is 5.91 Å². The van der Waals surface area contributed by atoms with E-state index in [0.29, 0.717) is 12.1 Å². The molecule has 7 heteroatoms. The van der Waals surface area contributed by atoms with Gasteiger partial charge in [0, 0.05) is 31.4 Å². The molecule has 0 radical (unpaired) electrons. The molecule has 1 saturated heterocycles. The van der Waals surface area contributed by atoms with Gasteiger partial charge in [0.15, 0.2) is 0 Å². The number of carbonyl (C=O) groups is 1. The zero-order valence-corrected chi connectivity index (χ0v) is 13.7. The van der Waals surface area contributed by atoms with Crippen LogP contribution in [0.15, 0.2) is 42.9 Å². The Bertz CT molecular complexity index is 869. The average Bonchev–Trinajstić information content (AvgIpc) is 3.15. The van der Waals surface area contributed by atoms with E-state index in [4.69, 9.17) is 4.74 Å². The Morgan fingerprint density at radius 2 is 2.08 bits per heavy atom. The van der Waals surface area contributed by atoms with Crippen molar-refractivity contribution in [3.63, 3.8) is 0 Å². The first kappa shape index (κ1) is 15.6. The maximum absolute atomic E-state index is 12.3. The van der Waals surface area contributed by atoms with E-state index in [1.807, 2.05) is 24.4 Å². The molecule has 1 amide bonds. The summed E-state index contributed by atoms with van der Waals surface area (Å²) in [6.07, 6.45) is 3.43. The van der Waals surface area contributed by atoms with Crippen LogP contribution in [0.2, 0.25) is 0 Å². The summed E-state index contributed by atoms with van der Waals surface area (Å²) in [5.41, 5.74) is 3.27. The van der Waals surface area contributed by atoms with Crippen LogP contribution in [-0.2, 0) is 11.3 Å².